The number of carbonyl (C=O) groups excluding carboxylic acids is 1. The molecule has 1 aromatic heterocycles. The highest BCUT2D eigenvalue weighted by Gasteiger charge is 2.48. The van der Waals surface area contributed by atoms with Gasteiger partial charge >= 0.3 is 0 Å². The Balaban J connectivity index is 1.64. The third kappa shape index (κ3) is 2.26. The van der Waals surface area contributed by atoms with Crippen molar-refractivity contribution in [3.8, 4) is 0 Å². The fraction of sp³-hybridized carbons (Fsp3) is 0.600. The van der Waals surface area contributed by atoms with Crippen LogP contribution < -0.4 is 5.56 Å². The van der Waals surface area contributed by atoms with Crippen LogP contribution in [0, 0.1) is 11.3 Å². The number of rotatable bonds is 2. The van der Waals surface area contributed by atoms with E-state index in [-0.39, 0.29) is 16.9 Å². The van der Waals surface area contributed by atoms with E-state index in [0.29, 0.717) is 12.5 Å². The van der Waals surface area contributed by atoms with Gasteiger partial charge in [-0.3, -0.25) is 14.8 Å². The van der Waals surface area contributed by atoms with Crippen molar-refractivity contribution in [1.82, 2.24) is 9.63 Å². The van der Waals surface area contributed by atoms with Crippen LogP contribution in [0.5, 0.6) is 0 Å². The van der Waals surface area contributed by atoms with Gasteiger partial charge in [0.1, 0.15) is 0 Å². The third-order valence-electron chi connectivity index (χ3n) is 4.91. The van der Waals surface area contributed by atoms with Gasteiger partial charge in [0.15, 0.2) is 0 Å². The Morgan fingerprint density at radius 3 is 2.55 bits per heavy atom. The normalized spacial score (nSPS) is 30.1. The SMILES string of the molecule is O=C1N(O)CCC12CCC(Cn1ccccc1=O)CC2. The van der Waals surface area contributed by atoms with Gasteiger partial charge in [0.05, 0.1) is 5.41 Å². The summed E-state index contributed by atoms with van der Waals surface area (Å²) < 4.78 is 1.75. The number of aromatic nitrogens is 1. The summed E-state index contributed by atoms with van der Waals surface area (Å²) in [6, 6.07) is 5.20. The molecule has 1 aliphatic carbocycles. The third-order valence-corrected chi connectivity index (χ3v) is 4.91. The zero-order valence-electron chi connectivity index (χ0n) is 11.5. The maximum atomic E-state index is 12.0. The second kappa shape index (κ2) is 5.05. The molecular formula is C15H20N2O3. The van der Waals surface area contributed by atoms with Gasteiger partial charge in [-0.05, 0) is 44.1 Å². The highest BCUT2D eigenvalue weighted by Crippen LogP contribution is 2.46. The first-order valence-electron chi connectivity index (χ1n) is 7.27. The van der Waals surface area contributed by atoms with Gasteiger partial charge in [-0.2, -0.15) is 0 Å². The molecule has 20 heavy (non-hydrogen) atoms. The fourth-order valence-electron chi connectivity index (χ4n) is 3.57. The lowest BCUT2D eigenvalue weighted by molar-refractivity contribution is -0.165. The second-order valence-corrected chi connectivity index (χ2v) is 6.09. The molecule has 2 heterocycles. The number of carbonyl (C=O) groups is 1. The summed E-state index contributed by atoms with van der Waals surface area (Å²) in [7, 11) is 0. The van der Waals surface area contributed by atoms with E-state index in [4.69, 9.17) is 0 Å². The average Bonchev–Trinajstić information content (AvgIpc) is 2.73. The summed E-state index contributed by atoms with van der Waals surface area (Å²) in [4.78, 5) is 23.7. The molecule has 1 amide bonds. The smallest absolute Gasteiger partial charge is 0.252 e. The van der Waals surface area contributed by atoms with Crippen molar-refractivity contribution in [1.29, 1.82) is 0 Å². The molecule has 1 aromatic rings. The summed E-state index contributed by atoms with van der Waals surface area (Å²) in [5.74, 6) is 0.342. The molecule has 0 aromatic carbocycles. The lowest BCUT2D eigenvalue weighted by Gasteiger charge is -2.35. The van der Waals surface area contributed by atoms with Gasteiger partial charge in [-0.1, -0.05) is 6.07 Å². The van der Waals surface area contributed by atoms with E-state index in [0.717, 1.165) is 43.7 Å². The standard InChI is InChI=1S/C15H20N2O3/c18-13-3-1-2-9-16(13)11-12-4-6-15(7-5-12)8-10-17(20)14(15)19/h1-3,9,12,20H,4-8,10-11H2. The zero-order chi connectivity index (χ0) is 14.2. The van der Waals surface area contributed by atoms with Gasteiger partial charge in [-0.15, -0.1) is 0 Å². The topological polar surface area (TPSA) is 62.5 Å². The minimum absolute atomic E-state index is 0.0336. The van der Waals surface area contributed by atoms with Gasteiger partial charge in [0.2, 0.25) is 0 Å². The van der Waals surface area contributed by atoms with Crippen molar-refractivity contribution in [3.63, 3.8) is 0 Å². The average molecular weight is 276 g/mol. The van der Waals surface area contributed by atoms with E-state index in [2.05, 4.69) is 0 Å². The van der Waals surface area contributed by atoms with Gasteiger partial charge in [0, 0.05) is 25.4 Å². The van der Waals surface area contributed by atoms with E-state index in [1.165, 1.54) is 0 Å². The Bertz CT molecular complexity index is 558. The Morgan fingerprint density at radius 2 is 1.95 bits per heavy atom. The molecule has 0 unspecified atom stereocenters. The van der Waals surface area contributed by atoms with Crippen molar-refractivity contribution in [2.24, 2.45) is 11.3 Å². The molecule has 1 saturated heterocycles. The van der Waals surface area contributed by atoms with Crippen LogP contribution in [0.2, 0.25) is 0 Å². The van der Waals surface area contributed by atoms with Crippen LogP contribution in [-0.4, -0.2) is 27.3 Å². The Kier molecular flexibility index (Phi) is 3.38. The van der Waals surface area contributed by atoms with Crippen LogP contribution in [0.15, 0.2) is 29.2 Å². The Hall–Kier alpha value is -1.62. The van der Waals surface area contributed by atoms with Crippen LogP contribution in [0.1, 0.15) is 32.1 Å². The first-order chi connectivity index (χ1) is 9.61. The molecule has 108 valence electrons. The predicted octanol–water partition coefficient (Wildman–Crippen LogP) is 1.65. The largest absolute Gasteiger partial charge is 0.315 e. The zero-order valence-corrected chi connectivity index (χ0v) is 11.5. The molecule has 1 saturated carbocycles. The van der Waals surface area contributed by atoms with E-state index < -0.39 is 0 Å². The summed E-state index contributed by atoms with van der Waals surface area (Å²) in [5, 5.41) is 10.4. The predicted molar refractivity (Wildman–Crippen MR) is 73.2 cm³/mol. The highest BCUT2D eigenvalue weighted by molar-refractivity contribution is 5.83. The van der Waals surface area contributed by atoms with Crippen LogP contribution in [0.4, 0.5) is 0 Å². The lowest BCUT2D eigenvalue weighted by atomic mass is 9.69. The number of hydroxylamine groups is 2. The van der Waals surface area contributed by atoms with E-state index in [1.807, 2.05) is 12.3 Å². The first kappa shape index (κ1) is 13.4. The summed E-state index contributed by atoms with van der Waals surface area (Å²) >= 11 is 0. The molecule has 5 nitrogen and oxygen atoms in total. The van der Waals surface area contributed by atoms with Crippen LogP contribution in [0.3, 0.4) is 0 Å². The van der Waals surface area contributed by atoms with Gasteiger partial charge < -0.3 is 4.57 Å². The number of nitrogens with zero attached hydrogens (tertiary/aromatic N) is 2. The van der Waals surface area contributed by atoms with E-state index in [9.17, 15) is 14.8 Å². The Morgan fingerprint density at radius 1 is 1.20 bits per heavy atom. The molecular weight excluding hydrogens is 256 g/mol. The molecule has 5 heteroatoms. The quantitative estimate of drug-likeness (QED) is 0.835. The van der Waals surface area contributed by atoms with Crippen LogP contribution >= 0.6 is 0 Å². The number of hydrogen-bond acceptors (Lipinski definition) is 3. The van der Waals surface area contributed by atoms with E-state index >= 15 is 0 Å². The van der Waals surface area contributed by atoms with Gasteiger partial charge in [-0.25, -0.2) is 5.06 Å². The minimum atomic E-state index is -0.326. The maximum Gasteiger partial charge on any atom is 0.252 e. The number of pyridine rings is 1. The molecule has 1 aliphatic heterocycles. The number of amides is 1. The van der Waals surface area contributed by atoms with Crippen molar-refractivity contribution in [2.75, 3.05) is 6.54 Å². The molecule has 3 rings (SSSR count). The fourth-order valence-corrected chi connectivity index (χ4v) is 3.57. The monoisotopic (exact) mass is 276 g/mol. The molecule has 1 spiro atoms. The summed E-state index contributed by atoms with van der Waals surface area (Å²) in [5.41, 5.74) is -0.293. The minimum Gasteiger partial charge on any atom is -0.315 e. The van der Waals surface area contributed by atoms with Crippen molar-refractivity contribution in [2.45, 2.75) is 38.6 Å². The van der Waals surface area contributed by atoms with Crippen LogP contribution in [0.25, 0.3) is 0 Å². The second-order valence-electron chi connectivity index (χ2n) is 6.09. The van der Waals surface area contributed by atoms with E-state index in [1.54, 1.807) is 16.7 Å². The van der Waals surface area contributed by atoms with Crippen molar-refractivity contribution in [3.05, 3.63) is 34.7 Å². The number of hydrogen-bond donors (Lipinski definition) is 1. The summed E-state index contributed by atoms with van der Waals surface area (Å²) in [6.07, 6.45) is 6.13. The molecule has 2 aliphatic rings. The van der Waals surface area contributed by atoms with Crippen molar-refractivity contribution >= 4 is 5.91 Å². The maximum absolute atomic E-state index is 12.0. The highest BCUT2D eigenvalue weighted by atomic mass is 16.5. The molecule has 0 bridgehead atoms. The lowest BCUT2D eigenvalue weighted by Crippen LogP contribution is -2.37. The summed E-state index contributed by atoms with van der Waals surface area (Å²) in [6.45, 7) is 1.19. The molecule has 0 radical (unpaired) electrons. The molecule has 2 fully saturated rings. The molecule has 0 atom stereocenters. The first-order valence-corrected chi connectivity index (χ1v) is 7.27. The van der Waals surface area contributed by atoms with Gasteiger partial charge in [0.25, 0.3) is 11.5 Å². The van der Waals surface area contributed by atoms with Crippen molar-refractivity contribution < 1.29 is 10.0 Å². The van der Waals surface area contributed by atoms with Crippen LogP contribution in [-0.2, 0) is 11.3 Å². The molecule has 1 N–H and O–H groups in total. The Labute approximate surface area is 117 Å².